The summed E-state index contributed by atoms with van der Waals surface area (Å²) in [5, 5.41) is 10.9. The Morgan fingerprint density at radius 3 is 2.80 bits per heavy atom. The van der Waals surface area contributed by atoms with Gasteiger partial charge in [0, 0.05) is 12.1 Å². The van der Waals surface area contributed by atoms with Gasteiger partial charge in [0.05, 0.1) is 23.6 Å². The van der Waals surface area contributed by atoms with Crippen LogP contribution in [0.5, 0.6) is 0 Å². The fraction of sp³-hybridized carbons (Fsp3) is 0.462. The van der Waals surface area contributed by atoms with Crippen molar-refractivity contribution in [2.24, 2.45) is 0 Å². The molecule has 1 unspecified atom stereocenters. The molecular weight excluding hydrogens is 258 g/mol. The number of carbonyl (C=O) groups is 1. The van der Waals surface area contributed by atoms with Gasteiger partial charge in [-0.2, -0.15) is 5.10 Å². The van der Waals surface area contributed by atoms with Crippen LogP contribution in [0.1, 0.15) is 47.4 Å². The van der Waals surface area contributed by atoms with Gasteiger partial charge < -0.3 is 15.6 Å². The molecule has 1 atom stereocenters. The fourth-order valence-corrected chi connectivity index (χ4v) is 2.33. The average Bonchev–Trinajstić information content (AvgIpc) is 2.92. The normalized spacial score (nSPS) is 12.4. The molecule has 3 N–H and O–H groups in total. The molecule has 0 saturated heterocycles. The van der Waals surface area contributed by atoms with E-state index in [-0.39, 0.29) is 11.9 Å². The van der Waals surface area contributed by atoms with Crippen molar-refractivity contribution in [2.45, 2.75) is 40.3 Å². The number of hydrogen-bond donors (Lipinski definition) is 2. The van der Waals surface area contributed by atoms with Crippen LogP contribution in [0.15, 0.2) is 10.7 Å². The van der Waals surface area contributed by atoms with E-state index < -0.39 is 0 Å². The molecule has 7 heteroatoms. The molecule has 1 amide bonds. The van der Waals surface area contributed by atoms with Crippen LogP contribution in [0.25, 0.3) is 0 Å². The van der Waals surface area contributed by atoms with Gasteiger partial charge in [-0.05, 0) is 27.7 Å². The number of nitrogens with one attached hydrogen (secondary N) is 1. The van der Waals surface area contributed by atoms with Crippen molar-refractivity contribution >= 4 is 11.6 Å². The van der Waals surface area contributed by atoms with E-state index in [0.717, 1.165) is 11.3 Å². The first-order chi connectivity index (χ1) is 9.45. The second-order valence-electron chi connectivity index (χ2n) is 4.70. The lowest BCUT2D eigenvalue weighted by molar-refractivity contribution is 0.0930. The van der Waals surface area contributed by atoms with Crippen molar-refractivity contribution in [1.29, 1.82) is 0 Å². The van der Waals surface area contributed by atoms with Crippen molar-refractivity contribution in [1.82, 2.24) is 20.3 Å². The molecule has 0 bridgehead atoms. The maximum Gasteiger partial charge on any atom is 0.272 e. The van der Waals surface area contributed by atoms with Crippen LogP contribution in [0.3, 0.4) is 0 Å². The lowest BCUT2D eigenvalue weighted by Crippen LogP contribution is -2.30. The van der Waals surface area contributed by atoms with E-state index >= 15 is 0 Å². The molecule has 2 rings (SSSR count). The van der Waals surface area contributed by atoms with Crippen LogP contribution in [-0.2, 0) is 6.54 Å². The molecule has 20 heavy (non-hydrogen) atoms. The second kappa shape index (κ2) is 5.36. The molecule has 2 aromatic rings. The summed E-state index contributed by atoms with van der Waals surface area (Å²) in [7, 11) is 0. The SMILES string of the molecule is CCn1ncc(N)c1C(=O)NC(C)c1c(C)noc1C. The summed E-state index contributed by atoms with van der Waals surface area (Å²) in [6, 6.07) is -0.214. The van der Waals surface area contributed by atoms with Crippen LogP contribution in [0.4, 0.5) is 5.69 Å². The van der Waals surface area contributed by atoms with E-state index in [4.69, 9.17) is 10.3 Å². The lowest BCUT2D eigenvalue weighted by Gasteiger charge is -2.14. The molecule has 0 aliphatic rings. The second-order valence-corrected chi connectivity index (χ2v) is 4.70. The standard InChI is InChI=1S/C13H19N5O2/c1-5-18-12(10(14)6-15-18)13(19)16-7(2)11-8(3)17-20-9(11)4/h6-7H,5,14H2,1-4H3,(H,16,19). The van der Waals surface area contributed by atoms with Crippen molar-refractivity contribution in [3.05, 3.63) is 28.9 Å². The van der Waals surface area contributed by atoms with Gasteiger partial charge in [-0.3, -0.25) is 9.48 Å². The molecule has 0 fully saturated rings. The lowest BCUT2D eigenvalue weighted by atomic mass is 10.1. The number of aryl methyl sites for hydroxylation is 3. The number of carbonyl (C=O) groups excluding carboxylic acids is 1. The van der Waals surface area contributed by atoms with Crippen LogP contribution in [0.2, 0.25) is 0 Å². The zero-order valence-electron chi connectivity index (χ0n) is 12.1. The molecule has 0 aromatic carbocycles. The van der Waals surface area contributed by atoms with Gasteiger partial charge in [0.15, 0.2) is 0 Å². The third kappa shape index (κ3) is 2.38. The smallest absolute Gasteiger partial charge is 0.272 e. The summed E-state index contributed by atoms with van der Waals surface area (Å²) in [5.41, 5.74) is 8.21. The number of aromatic nitrogens is 3. The number of rotatable bonds is 4. The number of nitrogens with two attached hydrogens (primary N) is 1. The molecule has 108 valence electrons. The van der Waals surface area contributed by atoms with Crippen LogP contribution in [0, 0.1) is 13.8 Å². The highest BCUT2D eigenvalue weighted by molar-refractivity contribution is 5.97. The molecule has 0 aliphatic carbocycles. The predicted octanol–water partition coefficient (Wildman–Crippen LogP) is 1.58. The van der Waals surface area contributed by atoms with E-state index in [2.05, 4.69) is 15.6 Å². The first-order valence-corrected chi connectivity index (χ1v) is 6.50. The molecule has 7 nitrogen and oxygen atoms in total. The third-order valence-electron chi connectivity index (χ3n) is 3.25. The first kappa shape index (κ1) is 14.1. The summed E-state index contributed by atoms with van der Waals surface area (Å²) in [4.78, 5) is 12.3. The molecule has 2 heterocycles. The number of amides is 1. The molecule has 0 spiro atoms. The molecule has 2 aromatic heterocycles. The van der Waals surface area contributed by atoms with Gasteiger partial charge >= 0.3 is 0 Å². The Labute approximate surface area is 117 Å². The predicted molar refractivity (Wildman–Crippen MR) is 74.2 cm³/mol. The minimum atomic E-state index is -0.255. The topological polar surface area (TPSA) is 99.0 Å². The maximum absolute atomic E-state index is 12.3. The fourth-order valence-electron chi connectivity index (χ4n) is 2.33. The van der Waals surface area contributed by atoms with Crippen LogP contribution >= 0.6 is 0 Å². The van der Waals surface area contributed by atoms with Gasteiger partial charge in [-0.1, -0.05) is 5.16 Å². The van der Waals surface area contributed by atoms with Gasteiger partial charge in [-0.15, -0.1) is 0 Å². The monoisotopic (exact) mass is 277 g/mol. The molecule has 0 aliphatic heterocycles. The van der Waals surface area contributed by atoms with Crippen LogP contribution in [-0.4, -0.2) is 20.8 Å². The maximum atomic E-state index is 12.3. The Hall–Kier alpha value is -2.31. The van der Waals surface area contributed by atoms with Crippen LogP contribution < -0.4 is 11.1 Å². The van der Waals surface area contributed by atoms with E-state index in [1.165, 1.54) is 6.20 Å². The van der Waals surface area contributed by atoms with Crippen molar-refractivity contribution in [2.75, 3.05) is 5.73 Å². The van der Waals surface area contributed by atoms with Crippen molar-refractivity contribution in [3.63, 3.8) is 0 Å². The first-order valence-electron chi connectivity index (χ1n) is 6.50. The molecule has 0 saturated carbocycles. The van der Waals surface area contributed by atoms with Gasteiger partial charge in [0.1, 0.15) is 11.5 Å². The highest BCUT2D eigenvalue weighted by Gasteiger charge is 2.22. The van der Waals surface area contributed by atoms with E-state index in [1.54, 1.807) is 4.68 Å². The summed E-state index contributed by atoms with van der Waals surface area (Å²) in [6.07, 6.45) is 1.49. The van der Waals surface area contributed by atoms with E-state index in [9.17, 15) is 4.79 Å². The highest BCUT2D eigenvalue weighted by Crippen LogP contribution is 2.22. The van der Waals surface area contributed by atoms with E-state index in [0.29, 0.717) is 23.7 Å². The van der Waals surface area contributed by atoms with Crippen molar-refractivity contribution in [3.8, 4) is 0 Å². The number of anilines is 1. The van der Waals surface area contributed by atoms with Gasteiger partial charge in [0.2, 0.25) is 0 Å². The largest absolute Gasteiger partial charge is 0.396 e. The zero-order chi connectivity index (χ0) is 14.9. The Kier molecular flexibility index (Phi) is 3.78. The Morgan fingerprint density at radius 2 is 2.25 bits per heavy atom. The molecule has 0 radical (unpaired) electrons. The third-order valence-corrected chi connectivity index (χ3v) is 3.25. The minimum absolute atomic E-state index is 0.214. The minimum Gasteiger partial charge on any atom is -0.396 e. The number of nitrogens with zero attached hydrogens (tertiary/aromatic N) is 3. The zero-order valence-corrected chi connectivity index (χ0v) is 12.1. The van der Waals surface area contributed by atoms with E-state index in [1.807, 2.05) is 27.7 Å². The molecular formula is C13H19N5O2. The Bertz CT molecular complexity index is 609. The average molecular weight is 277 g/mol. The summed E-state index contributed by atoms with van der Waals surface area (Å²) < 4.78 is 6.69. The summed E-state index contributed by atoms with van der Waals surface area (Å²) >= 11 is 0. The van der Waals surface area contributed by atoms with Gasteiger partial charge in [0.25, 0.3) is 5.91 Å². The number of nitrogen functional groups attached to an aromatic ring is 1. The Balaban J connectivity index is 2.22. The van der Waals surface area contributed by atoms with Crippen molar-refractivity contribution < 1.29 is 9.32 Å². The summed E-state index contributed by atoms with van der Waals surface area (Å²) in [5.74, 6) is 0.446. The summed E-state index contributed by atoms with van der Waals surface area (Å²) in [6.45, 7) is 8.04. The Morgan fingerprint density at radius 1 is 1.55 bits per heavy atom. The quantitative estimate of drug-likeness (QED) is 0.884. The number of hydrogen-bond acceptors (Lipinski definition) is 5. The van der Waals surface area contributed by atoms with Gasteiger partial charge in [-0.25, -0.2) is 0 Å². The highest BCUT2D eigenvalue weighted by atomic mass is 16.5.